The van der Waals surface area contributed by atoms with E-state index in [1.165, 1.54) is 13.3 Å². The molecule has 1 atom stereocenters. The van der Waals surface area contributed by atoms with E-state index in [4.69, 9.17) is 0 Å². The van der Waals surface area contributed by atoms with Crippen LogP contribution in [-0.2, 0) is 0 Å². The maximum absolute atomic E-state index is 14.3. The van der Waals surface area contributed by atoms with Crippen molar-refractivity contribution in [2.24, 2.45) is 5.92 Å². The number of Topliss-reactive ketones (excluding diaryl/α,β-unsaturated/α-hetero) is 1. The molecule has 0 N–H and O–H groups in total. The molecule has 0 aromatic heterocycles. The lowest BCUT2D eigenvalue weighted by molar-refractivity contribution is 0.101. The predicted octanol–water partition coefficient (Wildman–Crippen LogP) is 4.48. The summed E-state index contributed by atoms with van der Waals surface area (Å²) < 4.78 is 14.3. The summed E-state index contributed by atoms with van der Waals surface area (Å²) in [7, 11) is 0. The molecular formula is C15H19FO. The molecule has 0 aliphatic heterocycles. The van der Waals surface area contributed by atoms with Gasteiger partial charge in [-0.1, -0.05) is 43.5 Å². The first kappa shape index (κ1) is 12.3. The van der Waals surface area contributed by atoms with Crippen molar-refractivity contribution in [2.75, 3.05) is 0 Å². The zero-order valence-corrected chi connectivity index (χ0v) is 10.3. The van der Waals surface area contributed by atoms with E-state index in [-0.39, 0.29) is 11.7 Å². The van der Waals surface area contributed by atoms with E-state index in [0.717, 1.165) is 31.2 Å². The third-order valence-corrected chi connectivity index (χ3v) is 3.70. The van der Waals surface area contributed by atoms with Gasteiger partial charge in [0.15, 0.2) is 5.78 Å². The van der Waals surface area contributed by atoms with Gasteiger partial charge < -0.3 is 0 Å². The Hall–Kier alpha value is -1.18. The van der Waals surface area contributed by atoms with Crippen LogP contribution in [0.1, 0.15) is 61.1 Å². The molecule has 1 fully saturated rings. The van der Waals surface area contributed by atoms with Gasteiger partial charge in [0.05, 0.1) is 0 Å². The van der Waals surface area contributed by atoms with Crippen LogP contribution in [0.2, 0.25) is 0 Å². The predicted molar refractivity (Wildman–Crippen MR) is 66.9 cm³/mol. The third-order valence-electron chi connectivity index (χ3n) is 3.70. The number of alkyl halides is 1. The van der Waals surface area contributed by atoms with Crippen molar-refractivity contribution in [3.63, 3.8) is 0 Å². The number of halogens is 1. The normalized spacial score (nSPS) is 18.9. The largest absolute Gasteiger partial charge is 0.295 e. The van der Waals surface area contributed by atoms with Gasteiger partial charge in [-0.25, -0.2) is 4.39 Å². The van der Waals surface area contributed by atoms with Gasteiger partial charge in [-0.3, -0.25) is 4.79 Å². The van der Waals surface area contributed by atoms with Crippen molar-refractivity contribution < 1.29 is 9.18 Å². The number of carbonyl (C=O) groups is 1. The minimum atomic E-state index is -0.865. The van der Waals surface area contributed by atoms with E-state index in [0.29, 0.717) is 5.56 Å². The van der Waals surface area contributed by atoms with Gasteiger partial charge in [0, 0.05) is 5.56 Å². The molecule has 0 spiro atoms. The molecule has 0 amide bonds. The average molecular weight is 234 g/mol. The molecule has 1 unspecified atom stereocenters. The smallest absolute Gasteiger partial charge is 0.159 e. The second-order valence-electron chi connectivity index (χ2n) is 4.98. The fraction of sp³-hybridized carbons (Fsp3) is 0.533. The van der Waals surface area contributed by atoms with E-state index >= 15 is 0 Å². The van der Waals surface area contributed by atoms with E-state index < -0.39 is 6.17 Å². The van der Waals surface area contributed by atoms with Crippen molar-refractivity contribution in [3.05, 3.63) is 35.4 Å². The maximum Gasteiger partial charge on any atom is 0.159 e. The first-order valence-corrected chi connectivity index (χ1v) is 6.43. The highest BCUT2D eigenvalue weighted by atomic mass is 19.1. The summed E-state index contributed by atoms with van der Waals surface area (Å²) in [5.74, 6) is 0.205. The molecule has 2 heteroatoms. The summed E-state index contributed by atoms with van der Waals surface area (Å²) in [5.41, 5.74) is 1.38. The quantitative estimate of drug-likeness (QED) is 0.705. The van der Waals surface area contributed by atoms with Gasteiger partial charge in [0.1, 0.15) is 6.17 Å². The van der Waals surface area contributed by atoms with Gasteiger partial charge in [-0.05, 0) is 31.2 Å². The Morgan fingerprint density at radius 2 is 1.76 bits per heavy atom. The standard InChI is InChI=1S/C15H19FO/c1-11(17)12-7-9-14(10-8-12)15(16)13-5-3-2-4-6-13/h7-10,13,15H,2-6H2,1H3. The highest BCUT2D eigenvalue weighted by Gasteiger charge is 2.24. The summed E-state index contributed by atoms with van der Waals surface area (Å²) in [6.07, 6.45) is 4.67. The summed E-state index contributed by atoms with van der Waals surface area (Å²) in [6.45, 7) is 1.53. The van der Waals surface area contributed by atoms with Crippen LogP contribution in [0.5, 0.6) is 0 Å². The lowest BCUT2D eigenvalue weighted by Crippen LogP contribution is -2.13. The third kappa shape index (κ3) is 2.93. The summed E-state index contributed by atoms with van der Waals surface area (Å²) in [4.78, 5) is 11.1. The molecule has 1 aromatic rings. The Bertz CT molecular complexity index is 376. The van der Waals surface area contributed by atoms with Crippen molar-refractivity contribution >= 4 is 5.78 Å². The highest BCUT2D eigenvalue weighted by Crippen LogP contribution is 2.36. The Morgan fingerprint density at radius 1 is 1.18 bits per heavy atom. The van der Waals surface area contributed by atoms with E-state index in [9.17, 15) is 9.18 Å². The molecule has 0 heterocycles. The van der Waals surface area contributed by atoms with Crippen molar-refractivity contribution in [3.8, 4) is 0 Å². The van der Waals surface area contributed by atoms with Crippen LogP contribution in [0.4, 0.5) is 4.39 Å². The number of hydrogen-bond donors (Lipinski definition) is 0. The molecule has 1 aliphatic carbocycles. The summed E-state index contributed by atoms with van der Waals surface area (Å²) in [6, 6.07) is 6.98. The molecule has 17 heavy (non-hydrogen) atoms. The van der Waals surface area contributed by atoms with Gasteiger partial charge >= 0.3 is 0 Å². The van der Waals surface area contributed by atoms with Crippen LogP contribution in [0, 0.1) is 5.92 Å². The minimum Gasteiger partial charge on any atom is -0.295 e. The first-order valence-electron chi connectivity index (χ1n) is 6.43. The lowest BCUT2D eigenvalue weighted by Gasteiger charge is -2.25. The Balaban J connectivity index is 2.07. The number of hydrogen-bond acceptors (Lipinski definition) is 1. The number of rotatable bonds is 3. The van der Waals surface area contributed by atoms with Crippen LogP contribution in [-0.4, -0.2) is 5.78 Å². The molecule has 0 saturated heterocycles. The van der Waals surface area contributed by atoms with Gasteiger partial charge in [-0.15, -0.1) is 0 Å². The van der Waals surface area contributed by atoms with Crippen LogP contribution >= 0.6 is 0 Å². The second-order valence-corrected chi connectivity index (χ2v) is 4.98. The fourth-order valence-electron chi connectivity index (χ4n) is 2.60. The molecular weight excluding hydrogens is 215 g/mol. The Kier molecular flexibility index (Phi) is 3.93. The molecule has 1 aliphatic rings. The Morgan fingerprint density at radius 3 is 2.29 bits per heavy atom. The fourth-order valence-corrected chi connectivity index (χ4v) is 2.60. The van der Waals surface area contributed by atoms with Gasteiger partial charge in [0.25, 0.3) is 0 Å². The van der Waals surface area contributed by atoms with Crippen LogP contribution in [0.15, 0.2) is 24.3 Å². The number of ketones is 1. The highest BCUT2D eigenvalue weighted by molar-refractivity contribution is 5.94. The van der Waals surface area contributed by atoms with Crippen molar-refractivity contribution in [2.45, 2.75) is 45.2 Å². The molecule has 0 radical (unpaired) electrons. The zero-order chi connectivity index (χ0) is 12.3. The first-order chi connectivity index (χ1) is 8.18. The molecule has 1 aromatic carbocycles. The Labute approximate surface area is 102 Å². The van der Waals surface area contributed by atoms with Crippen LogP contribution < -0.4 is 0 Å². The molecule has 1 saturated carbocycles. The van der Waals surface area contributed by atoms with Crippen molar-refractivity contribution in [1.82, 2.24) is 0 Å². The average Bonchev–Trinajstić information content (AvgIpc) is 2.39. The molecule has 1 nitrogen and oxygen atoms in total. The van der Waals surface area contributed by atoms with Gasteiger partial charge in [-0.2, -0.15) is 0 Å². The zero-order valence-electron chi connectivity index (χ0n) is 10.3. The molecule has 92 valence electrons. The lowest BCUT2D eigenvalue weighted by atomic mass is 9.83. The summed E-state index contributed by atoms with van der Waals surface area (Å²) in [5, 5.41) is 0. The topological polar surface area (TPSA) is 17.1 Å². The van der Waals surface area contributed by atoms with E-state index in [1.807, 2.05) is 0 Å². The molecule has 0 bridgehead atoms. The maximum atomic E-state index is 14.3. The molecule has 2 rings (SSSR count). The number of carbonyl (C=O) groups excluding carboxylic acids is 1. The van der Waals surface area contributed by atoms with Crippen LogP contribution in [0.3, 0.4) is 0 Å². The van der Waals surface area contributed by atoms with E-state index in [1.54, 1.807) is 24.3 Å². The second kappa shape index (κ2) is 5.44. The van der Waals surface area contributed by atoms with E-state index in [2.05, 4.69) is 0 Å². The minimum absolute atomic E-state index is 0.0321. The van der Waals surface area contributed by atoms with Crippen molar-refractivity contribution in [1.29, 1.82) is 0 Å². The SMILES string of the molecule is CC(=O)c1ccc(C(F)C2CCCCC2)cc1. The number of benzene rings is 1. The van der Waals surface area contributed by atoms with Gasteiger partial charge in [0.2, 0.25) is 0 Å². The van der Waals surface area contributed by atoms with Crippen LogP contribution in [0.25, 0.3) is 0 Å². The monoisotopic (exact) mass is 234 g/mol. The summed E-state index contributed by atoms with van der Waals surface area (Å²) >= 11 is 0.